The summed E-state index contributed by atoms with van der Waals surface area (Å²) >= 11 is 0. The first-order chi connectivity index (χ1) is 7.83. The van der Waals surface area contributed by atoms with E-state index in [0.717, 1.165) is 12.8 Å². The van der Waals surface area contributed by atoms with E-state index in [1.807, 2.05) is 0 Å². The highest BCUT2D eigenvalue weighted by atomic mass is 16.5. The highest BCUT2D eigenvalue weighted by Gasteiger charge is 2.02. The lowest BCUT2D eigenvalue weighted by Gasteiger charge is -2.15. The second kappa shape index (κ2) is 11.9. The third kappa shape index (κ3) is 18.0. The molecule has 0 aromatic carbocycles. The highest BCUT2D eigenvalue weighted by Crippen LogP contribution is 2.03. The van der Waals surface area contributed by atoms with Crippen LogP contribution in [0, 0.1) is 0 Å². The molecule has 3 unspecified atom stereocenters. The number of carbonyl (C=O) groups excluding carboxylic acids is 1. The third-order valence-electron chi connectivity index (χ3n) is 2.14. The molecule has 0 radical (unpaired) electrons. The van der Waals surface area contributed by atoms with Gasteiger partial charge in [-0.1, -0.05) is 13.8 Å². The first-order valence-electron chi connectivity index (χ1n) is 6.30. The van der Waals surface area contributed by atoms with Gasteiger partial charge in [-0.3, -0.25) is 4.79 Å². The Kier molecular flexibility index (Phi) is 13.1. The summed E-state index contributed by atoms with van der Waals surface area (Å²) in [4.78, 5) is 10.0. The van der Waals surface area contributed by atoms with Crippen molar-refractivity contribution in [2.24, 2.45) is 0 Å². The average molecular weight is 248 g/mol. The topological polar surface area (TPSA) is 55.8 Å². The predicted octanol–water partition coefficient (Wildman–Crippen LogP) is 2.53. The van der Waals surface area contributed by atoms with E-state index < -0.39 is 6.10 Å². The van der Waals surface area contributed by atoms with Crippen molar-refractivity contribution in [2.75, 3.05) is 6.61 Å². The van der Waals surface area contributed by atoms with E-state index in [1.165, 1.54) is 6.92 Å². The van der Waals surface area contributed by atoms with Crippen LogP contribution in [0.2, 0.25) is 0 Å². The van der Waals surface area contributed by atoms with Crippen LogP contribution in [-0.4, -0.2) is 36.0 Å². The van der Waals surface area contributed by atoms with Crippen molar-refractivity contribution >= 4 is 5.97 Å². The van der Waals surface area contributed by atoms with E-state index in [4.69, 9.17) is 9.84 Å². The van der Waals surface area contributed by atoms with Crippen molar-refractivity contribution in [2.45, 2.75) is 72.7 Å². The Morgan fingerprint density at radius 1 is 1.12 bits per heavy atom. The minimum absolute atomic E-state index is 0.0926. The highest BCUT2D eigenvalue weighted by molar-refractivity contribution is 5.65. The van der Waals surface area contributed by atoms with Crippen molar-refractivity contribution < 1.29 is 19.4 Å². The molecule has 0 saturated heterocycles. The van der Waals surface area contributed by atoms with E-state index in [1.54, 1.807) is 6.92 Å². The summed E-state index contributed by atoms with van der Waals surface area (Å²) in [7, 11) is 0. The summed E-state index contributed by atoms with van der Waals surface area (Å²) in [6.07, 6.45) is 2.54. The number of ether oxygens (including phenoxy) is 2. The fourth-order valence-electron chi connectivity index (χ4n) is 0.827. The van der Waals surface area contributed by atoms with Crippen LogP contribution in [0.4, 0.5) is 0 Å². The minimum Gasteiger partial charge on any atom is -0.463 e. The van der Waals surface area contributed by atoms with Crippen LogP contribution < -0.4 is 0 Å². The number of carbonyl (C=O) groups is 1. The lowest BCUT2D eigenvalue weighted by atomic mass is 10.3. The van der Waals surface area contributed by atoms with Crippen molar-refractivity contribution in [1.82, 2.24) is 0 Å². The number of rotatable bonds is 6. The molecule has 17 heavy (non-hydrogen) atoms. The Morgan fingerprint density at radius 2 is 1.53 bits per heavy atom. The van der Waals surface area contributed by atoms with Gasteiger partial charge in [0.25, 0.3) is 0 Å². The number of aliphatic hydroxyl groups excluding tert-OH is 1. The van der Waals surface area contributed by atoms with Gasteiger partial charge in [0.15, 0.2) is 0 Å². The summed E-state index contributed by atoms with van der Waals surface area (Å²) < 4.78 is 9.96. The van der Waals surface area contributed by atoms with E-state index >= 15 is 0 Å². The minimum atomic E-state index is -0.557. The number of aliphatic hydroxyl groups is 1. The summed E-state index contributed by atoms with van der Waals surface area (Å²) in [5.74, 6) is -0.356. The van der Waals surface area contributed by atoms with Crippen molar-refractivity contribution in [3.63, 3.8) is 0 Å². The number of hydrogen-bond acceptors (Lipinski definition) is 4. The van der Waals surface area contributed by atoms with Crippen LogP contribution in [-0.2, 0) is 14.3 Å². The average Bonchev–Trinajstić information content (AvgIpc) is 2.26. The van der Waals surface area contributed by atoms with Gasteiger partial charge in [0.2, 0.25) is 0 Å². The smallest absolute Gasteiger partial charge is 0.302 e. The molecule has 0 aliphatic rings. The fourth-order valence-corrected chi connectivity index (χ4v) is 0.827. The zero-order chi connectivity index (χ0) is 13.8. The summed E-state index contributed by atoms with van der Waals surface area (Å²) in [6, 6.07) is 0. The lowest BCUT2D eigenvalue weighted by Crippen LogP contribution is -2.14. The molecule has 0 aliphatic heterocycles. The lowest BCUT2D eigenvalue weighted by molar-refractivity contribution is -0.143. The van der Waals surface area contributed by atoms with Gasteiger partial charge >= 0.3 is 5.97 Å². The van der Waals surface area contributed by atoms with Crippen LogP contribution in [0.25, 0.3) is 0 Å². The molecule has 0 spiro atoms. The maximum absolute atomic E-state index is 10.0. The van der Waals surface area contributed by atoms with Crippen LogP contribution in [0.15, 0.2) is 0 Å². The molecule has 104 valence electrons. The summed E-state index contributed by atoms with van der Waals surface area (Å²) in [5, 5.41) is 8.52. The van der Waals surface area contributed by atoms with Gasteiger partial charge in [0.1, 0.15) is 6.61 Å². The summed E-state index contributed by atoms with van der Waals surface area (Å²) in [5.41, 5.74) is 0. The van der Waals surface area contributed by atoms with Crippen LogP contribution >= 0.6 is 0 Å². The molecule has 3 atom stereocenters. The predicted molar refractivity (Wildman–Crippen MR) is 68.9 cm³/mol. The molecule has 0 aromatic rings. The Bertz CT molecular complexity index is 172. The maximum atomic E-state index is 10.0. The van der Waals surface area contributed by atoms with Gasteiger partial charge in [-0.25, -0.2) is 0 Å². The quantitative estimate of drug-likeness (QED) is 0.734. The second-order valence-electron chi connectivity index (χ2n) is 4.23. The van der Waals surface area contributed by atoms with Gasteiger partial charge in [-0.15, -0.1) is 0 Å². The van der Waals surface area contributed by atoms with Crippen LogP contribution in [0.5, 0.6) is 0 Å². The van der Waals surface area contributed by atoms with Crippen molar-refractivity contribution in [3.8, 4) is 0 Å². The van der Waals surface area contributed by atoms with Gasteiger partial charge in [-0.2, -0.15) is 0 Å². The SMILES string of the molecule is CC(=O)OCC(C)O.CCC(C)OC(C)CC. The zero-order valence-electron chi connectivity index (χ0n) is 12.0. The zero-order valence-corrected chi connectivity index (χ0v) is 12.0. The standard InChI is InChI=1S/C8H18O.C5H10O3/c1-5-7(3)9-8(4)6-2;1-4(6)3-8-5(2)7/h7-8H,5-6H2,1-4H3;4,6H,3H2,1-2H3. The normalized spacial score (nSPS) is 15.2. The molecule has 0 fully saturated rings. The van der Waals surface area contributed by atoms with Gasteiger partial charge < -0.3 is 14.6 Å². The van der Waals surface area contributed by atoms with Gasteiger partial charge in [0, 0.05) is 6.92 Å². The largest absolute Gasteiger partial charge is 0.463 e. The van der Waals surface area contributed by atoms with Crippen molar-refractivity contribution in [3.05, 3.63) is 0 Å². The van der Waals surface area contributed by atoms with E-state index in [0.29, 0.717) is 12.2 Å². The molecule has 4 heteroatoms. The number of hydrogen-bond donors (Lipinski definition) is 1. The van der Waals surface area contributed by atoms with E-state index in [-0.39, 0.29) is 12.6 Å². The Morgan fingerprint density at radius 3 is 1.71 bits per heavy atom. The van der Waals surface area contributed by atoms with Gasteiger partial charge in [-0.05, 0) is 33.6 Å². The monoisotopic (exact) mass is 248 g/mol. The Balaban J connectivity index is 0. The molecule has 0 aromatic heterocycles. The second-order valence-corrected chi connectivity index (χ2v) is 4.23. The molecular formula is C13H28O4. The van der Waals surface area contributed by atoms with E-state index in [2.05, 4.69) is 32.4 Å². The van der Waals surface area contributed by atoms with Gasteiger partial charge in [0.05, 0.1) is 18.3 Å². The molecule has 0 heterocycles. The Hall–Kier alpha value is -0.610. The van der Waals surface area contributed by atoms with Crippen molar-refractivity contribution in [1.29, 1.82) is 0 Å². The van der Waals surface area contributed by atoms with E-state index in [9.17, 15) is 4.79 Å². The molecule has 0 aliphatic carbocycles. The Labute approximate surface area is 105 Å². The van der Waals surface area contributed by atoms with Crippen LogP contribution in [0.1, 0.15) is 54.4 Å². The van der Waals surface area contributed by atoms with Crippen LogP contribution in [0.3, 0.4) is 0 Å². The molecule has 0 rings (SSSR count). The molecule has 0 saturated carbocycles. The first kappa shape index (κ1) is 18.7. The fraction of sp³-hybridized carbons (Fsp3) is 0.923. The maximum Gasteiger partial charge on any atom is 0.302 e. The molecule has 1 N–H and O–H groups in total. The first-order valence-corrected chi connectivity index (χ1v) is 6.30. The molecule has 0 bridgehead atoms. The molecular weight excluding hydrogens is 220 g/mol. The summed E-state index contributed by atoms with van der Waals surface area (Å²) in [6.45, 7) is 11.5. The molecule has 4 nitrogen and oxygen atoms in total. The third-order valence-corrected chi connectivity index (χ3v) is 2.14. The molecule has 0 amide bonds. The number of esters is 1.